The molecule has 30 heavy (non-hydrogen) atoms. The van der Waals surface area contributed by atoms with Crippen molar-refractivity contribution in [2.45, 2.75) is 19.9 Å². The molecule has 3 aromatic rings. The summed E-state index contributed by atoms with van der Waals surface area (Å²) in [4.78, 5) is 23.8. The van der Waals surface area contributed by atoms with Crippen LogP contribution in [0.1, 0.15) is 13.8 Å². The highest BCUT2D eigenvalue weighted by Crippen LogP contribution is 2.42. The number of anilines is 1. The normalized spacial score (nSPS) is 16.9. The fourth-order valence-corrected chi connectivity index (χ4v) is 4.18. The molecule has 0 radical (unpaired) electrons. The number of aromatic nitrogens is 2. The second-order valence-electron chi connectivity index (χ2n) is 7.28. The predicted molar refractivity (Wildman–Crippen MR) is 111 cm³/mol. The molecule has 0 saturated carbocycles. The molecule has 0 aliphatic carbocycles. The monoisotopic (exact) mass is 432 g/mol. The quantitative estimate of drug-likeness (QED) is 0.663. The summed E-state index contributed by atoms with van der Waals surface area (Å²) < 4.78 is 29.8. The van der Waals surface area contributed by atoms with E-state index in [2.05, 4.69) is 9.97 Å². The molecule has 0 spiro atoms. The van der Waals surface area contributed by atoms with Crippen molar-refractivity contribution < 1.29 is 18.7 Å². The van der Waals surface area contributed by atoms with Gasteiger partial charge >= 0.3 is 0 Å². The molecule has 0 unspecified atom stereocenters. The van der Waals surface area contributed by atoms with Gasteiger partial charge in [0.1, 0.15) is 29.2 Å². The van der Waals surface area contributed by atoms with Crippen LogP contribution in [0.2, 0.25) is 5.02 Å². The molecule has 1 atom stereocenters. The molecule has 1 aliphatic heterocycles. The predicted octanol–water partition coefficient (Wildman–Crippen LogP) is 3.99. The Labute approximate surface area is 176 Å². The number of aromatic hydroxyl groups is 1. The van der Waals surface area contributed by atoms with Crippen LogP contribution in [-0.2, 0) is 4.79 Å². The largest absolute Gasteiger partial charge is 0.507 e. The highest BCUT2D eigenvalue weighted by molar-refractivity contribution is 6.34. The van der Waals surface area contributed by atoms with E-state index in [0.717, 1.165) is 6.07 Å². The van der Waals surface area contributed by atoms with Crippen molar-refractivity contribution in [3.05, 3.63) is 47.2 Å². The number of halogens is 3. The van der Waals surface area contributed by atoms with Crippen LogP contribution in [0.15, 0.2) is 30.6 Å². The maximum absolute atomic E-state index is 15.5. The molecule has 1 aromatic heterocycles. The van der Waals surface area contributed by atoms with Crippen LogP contribution in [0.4, 0.5) is 14.6 Å². The highest BCUT2D eigenvalue weighted by atomic mass is 35.5. The van der Waals surface area contributed by atoms with Crippen LogP contribution >= 0.6 is 11.6 Å². The lowest BCUT2D eigenvalue weighted by atomic mass is 10.0. The minimum absolute atomic E-state index is 0.00234. The van der Waals surface area contributed by atoms with Gasteiger partial charge in [-0.25, -0.2) is 18.7 Å². The van der Waals surface area contributed by atoms with E-state index in [1.54, 1.807) is 4.90 Å². The van der Waals surface area contributed by atoms with Gasteiger partial charge in [-0.05, 0) is 25.1 Å². The number of phenols is 1. The number of rotatable bonds is 2. The van der Waals surface area contributed by atoms with Gasteiger partial charge in [0.2, 0.25) is 5.91 Å². The van der Waals surface area contributed by atoms with Gasteiger partial charge in [-0.15, -0.1) is 0 Å². The van der Waals surface area contributed by atoms with Crippen molar-refractivity contribution in [3.63, 3.8) is 0 Å². The summed E-state index contributed by atoms with van der Waals surface area (Å²) in [5.41, 5.74) is -0.590. The summed E-state index contributed by atoms with van der Waals surface area (Å²) >= 11 is 6.35. The average Bonchev–Trinajstić information content (AvgIpc) is 2.70. The summed E-state index contributed by atoms with van der Waals surface area (Å²) in [5, 5.41) is 10.4. The van der Waals surface area contributed by atoms with Gasteiger partial charge in [0.05, 0.1) is 10.6 Å². The van der Waals surface area contributed by atoms with Gasteiger partial charge in [-0.1, -0.05) is 17.7 Å². The zero-order chi connectivity index (χ0) is 21.6. The second-order valence-corrected chi connectivity index (χ2v) is 7.69. The van der Waals surface area contributed by atoms with E-state index in [1.165, 1.54) is 31.5 Å². The fourth-order valence-electron chi connectivity index (χ4n) is 3.89. The second kappa shape index (κ2) is 7.68. The average molecular weight is 433 g/mol. The lowest BCUT2D eigenvalue weighted by molar-refractivity contribution is -0.129. The van der Waals surface area contributed by atoms with E-state index in [1.807, 2.05) is 11.8 Å². The number of hydrogen-bond donors (Lipinski definition) is 1. The number of benzene rings is 2. The molecule has 156 valence electrons. The topological polar surface area (TPSA) is 69.6 Å². The Balaban J connectivity index is 1.86. The minimum Gasteiger partial charge on any atom is -0.507 e. The van der Waals surface area contributed by atoms with E-state index in [0.29, 0.717) is 30.8 Å². The first kappa shape index (κ1) is 20.3. The van der Waals surface area contributed by atoms with Gasteiger partial charge in [-0.2, -0.15) is 0 Å². The van der Waals surface area contributed by atoms with Crippen LogP contribution in [0.5, 0.6) is 5.75 Å². The van der Waals surface area contributed by atoms with Crippen molar-refractivity contribution >= 4 is 34.2 Å². The van der Waals surface area contributed by atoms with Crippen LogP contribution in [0.3, 0.4) is 0 Å². The molecule has 0 bridgehead atoms. The van der Waals surface area contributed by atoms with E-state index >= 15 is 4.39 Å². The molecule has 4 rings (SSSR count). The zero-order valence-electron chi connectivity index (χ0n) is 16.4. The van der Waals surface area contributed by atoms with Gasteiger partial charge in [0, 0.05) is 43.5 Å². The molecule has 1 N–H and O–H groups in total. The van der Waals surface area contributed by atoms with E-state index < -0.39 is 17.4 Å². The summed E-state index contributed by atoms with van der Waals surface area (Å²) in [6.45, 7) is 5.02. The minimum atomic E-state index is -0.837. The highest BCUT2D eigenvalue weighted by Gasteiger charge is 2.29. The first-order valence-electron chi connectivity index (χ1n) is 9.42. The van der Waals surface area contributed by atoms with Gasteiger partial charge in [0.25, 0.3) is 0 Å². The number of fused-ring (bicyclic) bond motifs is 1. The number of nitrogens with zero attached hydrogens (tertiary/aromatic N) is 4. The Morgan fingerprint density at radius 1 is 1.23 bits per heavy atom. The van der Waals surface area contributed by atoms with Crippen molar-refractivity contribution in [2.75, 3.05) is 24.5 Å². The number of carbonyl (C=O) groups is 1. The maximum Gasteiger partial charge on any atom is 0.219 e. The first-order valence-corrected chi connectivity index (χ1v) is 9.80. The molecule has 1 aliphatic rings. The molecule has 1 saturated heterocycles. The Morgan fingerprint density at radius 3 is 2.67 bits per heavy atom. The number of phenolic OH excluding ortho intramolecular Hbond substituents is 1. The molecular weight excluding hydrogens is 414 g/mol. The van der Waals surface area contributed by atoms with Crippen LogP contribution in [-0.4, -0.2) is 51.6 Å². The lowest BCUT2D eigenvalue weighted by Crippen LogP contribution is -2.53. The Hall–Kier alpha value is -3.00. The Morgan fingerprint density at radius 2 is 2.00 bits per heavy atom. The van der Waals surface area contributed by atoms with Gasteiger partial charge in [-0.3, -0.25) is 4.79 Å². The molecular formula is C21H19ClF2N4O2. The molecule has 1 fully saturated rings. The molecule has 2 aromatic carbocycles. The van der Waals surface area contributed by atoms with Gasteiger partial charge in [0.15, 0.2) is 5.82 Å². The Kier molecular flexibility index (Phi) is 5.19. The summed E-state index contributed by atoms with van der Waals surface area (Å²) in [6.07, 6.45) is 1.24. The lowest BCUT2D eigenvalue weighted by Gasteiger charge is -2.40. The fraction of sp³-hybridized carbons (Fsp3) is 0.286. The van der Waals surface area contributed by atoms with E-state index in [4.69, 9.17) is 11.6 Å². The van der Waals surface area contributed by atoms with Gasteiger partial charge < -0.3 is 14.9 Å². The van der Waals surface area contributed by atoms with Crippen molar-refractivity contribution in [2.24, 2.45) is 0 Å². The third-order valence-corrected chi connectivity index (χ3v) is 5.68. The number of amides is 1. The smallest absolute Gasteiger partial charge is 0.219 e. The maximum atomic E-state index is 15.5. The van der Waals surface area contributed by atoms with Crippen LogP contribution in [0.25, 0.3) is 22.0 Å². The molecule has 9 heteroatoms. The number of carbonyl (C=O) groups excluding carboxylic acids is 1. The third-order valence-electron chi connectivity index (χ3n) is 5.39. The zero-order valence-corrected chi connectivity index (χ0v) is 17.1. The van der Waals surface area contributed by atoms with Crippen molar-refractivity contribution in [1.82, 2.24) is 14.9 Å². The summed E-state index contributed by atoms with van der Waals surface area (Å²) in [6, 6.07) is 5.14. The van der Waals surface area contributed by atoms with E-state index in [9.17, 15) is 14.3 Å². The Bertz CT molecular complexity index is 1140. The molecule has 2 heterocycles. The molecule has 6 nitrogen and oxygen atoms in total. The molecule has 1 amide bonds. The van der Waals surface area contributed by atoms with Crippen molar-refractivity contribution in [1.29, 1.82) is 0 Å². The summed E-state index contributed by atoms with van der Waals surface area (Å²) in [5.74, 6) is -1.56. The number of piperazine rings is 1. The SMILES string of the molecule is CC(=O)N1CCN(c2ncnc3c(F)c(-c4c(O)cccc4F)c(Cl)cc23)[C@H](C)C1. The van der Waals surface area contributed by atoms with Crippen molar-refractivity contribution in [3.8, 4) is 16.9 Å². The standard InChI is InChI=1S/C21H19ClF2N4O2/c1-11-9-27(12(2)29)6-7-28(11)21-13-8-14(22)17(19(24)20(13)25-10-26-21)18-15(23)4-3-5-16(18)30/h3-5,8,10-11,30H,6-7,9H2,1-2H3/t11-/m1/s1. The van der Waals surface area contributed by atoms with Crippen LogP contribution in [0, 0.1) is 11.6 Å². The van der Waals surface area contributed by atoms with Crippen LogP contribution < -0.4 is 4.90 Å². The number of hydrogen-bond acceptors (Lipinski definition) is 5. The summed E-state index contributed by atoms with van der Waals surface area (Å²) in [7, 11) is 0. The third kappa shape index (κ3) is 3.31. The van der Waals surface area contributed by atoms with E-state index in [-0.39, 0.29) is 33.6 Å². The first-order chi connectivity index (χ1) is 14.3.